The van der Waals surface area contributed by atoms with Gasteiger partial charge >= 0.3 is 0 Å². The van der Waals surface area contributed by atoms with Crippen molar-refractivity contribution in [3.05, 3.63) is 18.0 Å². The molecule has 2 rings (SSSR count). The third kappa shape index (κ3) is 3.33. The molecule has 1 aliphatic rings. The van der Waals surface area contributed by atoms with E-state index in [-0.39, 0.29) is 6.04 Å². The van der Waals surface area contributed by atoms with Gasteiger partial charge in [-0.15, -0.1) is 0 Å². The van der Waals surface area contributed by atoms with Crippen molar-refractivity contribution in [3.63, 3.8) is 0 Å². The molecule has 0 radical (unpaired) electrons. The summed E-state index contributed by atoms with van der Waals surface area (Å²) in [6, 6.07) is 0.683. The molecule has 0 aromatic carbocycles. The van der Waals surface area contributed by atoms with Crippen LogP contribution in [0.25, 0.3) is 0 Å². The highest BCUT2D eigenvalue weighted by molar-refractivity contribution is 7.99. The van der Waals surface area contributed by atoms with Gasteiger partial charge in [0.2, 0.25) is 5.95 Å². The van der Waals surface area contributed by atoms with Crippen LogP contribution in [0.2, 0.25) is 0 Å². The van der Waals surface area contributed by atoms with E-state index in [0.29, 0.717) is 6.04 Å². The van der Waals surface area contributed by atoms with E-state index in [1.165, 1.54) is 0 Å². The van der Waals surface area contributed by atoms with Gasteiger partial charge in [0.1, 0.15) is 0 Å². The Hall–Kier alpha value is -0.810. The second-order valence-electron chi connectivity index (χ2n) is 4.69. The number of thioether (sulfide) groups is 1. The molecule has 5 heteroatoms. The Balaban J connectivity index is 2.06. The first-order valence-electron chi connectivity index (χ1n) is 6.07. The van der Waals surface area contributed by atoms with Crippen molar-refractivity contribution in [1.29, 1.82) is 0 Å². The zero-order valence-electron chi connectivity index (χ0n) is 10.5. The molecular weight excluding hydrogens is 232 g/mol. The van der Waals surface area contributed by atoms with Gasteiger partial charge in [-0.05, 0) is 25.8 Å². The summed E-state index contributed by atoms with van der Waals surface area (Å²) >= 11 is 2.00. The van der Waals surface area contributed by atoms with E-state index in [9.17, 15) is 0 Å². The van der Waals surface area contributed by atoms with Crippen LogP contribution in [-0.4, -0.2) is 40.1 Å². The van der Waals surface area contributed by atoms with E-state index in [1.807, 2.05) is 31.1 Å². The van der Waals surface area contributed by atoms with Crippen LogP contribution in [0, 0.1) is 0 Å². The minimum Gasteiger partial charge on any atom is -0.336 e. The van der Waals surface area contributed by atoms with Crippen LogP contribution in [0.15, 0.2) is 12.4 Å². The lowest BCUT2D eigenvalue weighted by molar-refractivity contribution is 0.673. The van der Waals surface area contributed by atoms with Gasteiger partial charge in [-0.3, -0.25) is 0 Å². The summed E-state index contributed by atoms with van der Waals surface area (Å²) in [4.78, 5) is 11.2. The number of anilines is 1. The Labute approximate surface area is 107 Å². The van der Waals surface area contributed by atoms with E-state index in [4.69, 9.17) is 5.73 Å². The molecule has 1 aliphatic heterocycles. The highest BCUT2D eigenvalue weighted by atomic mass is 32.2. The Bertz CT molecular complexity index is 352. The standard InChI is InChI=1S/C12H20N4S/c1-9(13)5-11-6-14-12(15-7-11)16-3-4-17-8-10(16)2/h6-7,9-10H,3-5,8,13H2,1-2H3. The zero-order chi connectivity index (χ0) is 12.3. The molecule has 17 heavy (non-hydrogen) atoms. The van der Waals surface area contributed by atoms with Gasteiger partial charge in [0.25, 0.3) is 0 Å². The summed E-state index contributed by atoms with van der Waals surface area (Å²) in [7, 11) is 0. The molecule has 0 bridgehead atoms. The quantitative estimate of drug-likeness (QED) is 0.879. The molecule has 2 heterocycles. The second-order valence-corrected chi connectivity index (χ2v) is 5.84. The molecule has 0 aliphatic carbocycles. The molecule has 0 amide bonds. The summed E-state index contributed by atoms with van der Waals surface area (Å²) < 4.78 is 0. The van der Waals surface area contributed by atoms with Crippen LogP contribution >= 0.6 is 11.8 Å². The lowest BCUT2D eigenvalue weighted by atomic mass is 10.1. The summed E-state index contributed by atoms with van der Waals surface area (Å²) in [5, 5.41) is 0. The maximum Gasteiger partial charge on any atom is 0.225 e. The maximum atomic E-state index is 5.76. The fourth-order valence-electron chi connectivity index (χ4n) is 2.00. The first-order chi connectivity index (χ1) is 8.16. The van der Waals surface area contributed by atoms with Gasteiger partial charge in [0, 0.05) is 42.5 Å². The minimum atomic E-state index is 0.162. The Morgan fingerprint density at radius 1 is 1.53 bits per heavy atom. The smallest absolute Gasteiger partial charge is 0.225 e. The Morgan fingerprint density at radius 2 is 2.24 bits per heavy atom. The van der Waals surface area contributed by atoms with Crippen molar-refractivity contribution >= 4 is 17.7 Å². The number of nitrogens with zero attached hydrogens (tertiary/aromatic N) is 3. The number of hydrogen-bond acceptors (Lipinski definition) is 5. The lowest BCUT2D eigenvalue weighted by Crippen LogP contribution is -2.41. The molecule has 1 fully saturated rings. The summed E-state index contributed by atoms with van der Waals surface area (Å²) in [5.74, 6) is 3.17. The molecule has 2 N–H and O–H groups in total. The minimum absolute atomic E-state index is 0.162. The Kier molecular flexibility index (Phi) is 4.23. The summed E-state index contributed by atoms with van der Waals surface area (Å²) in [5.41, 5.74) is 6.87. The van der Waals surface area contributed by atoms with Crippen LogP contribution in [0.5, 0.6) is 0 Å². The topological polar surface area (TPSA) is 55.0 Å². The first kappa shape index (κ1) is 12.6. The maximum absolute atomic E-state index is 5.76. The molecular formula is C12H20N4S. The second kappa shape index (κ2) is 5.69. The van der Waals surface area contributed by atoms with Crippen molar-refractivity contribution in [3.8, 4) is 0 Å². The predicted octanol–water partition coefficient (Wildman–Crippen LogP) is 1.31. The van der Waals surface area contributed by atoms with Gasteiger partial charge in [-0.2, -0.15) is 11.8 Å². The fraction of sp³-hybridized carbons (Fsp3) is 0.667. The molecule has 4 nitrogen and oxygen atoms in total. The van der Waals surface area contributed by atoms with E-state index < -0.39 is 0 Å². The van der Waals surface area contributed by atoms with Crippen molar-refractivity contribution in [1.82, 2.24) is 9.97 Å². The van der Waals surface area contributed by atoms with Gasteiger partial charge in [-0.25, -0.2) is 9.97 Å². The number of rotatable bonds is 3. The zero-order valence-corrected chi connectivity index (χ0v) is 11.3. The van der Waals surface area contributed by atoms with Gasteiger partial charge in [0.15, 0.2) is 0 Å². The highest BCUT2D eigenvalue weighted by Crippen LogP contribution is 2.20. The number of nitrogens with two attached hydrogens (primary N) is 1. The average Bonchev–Trinajstić information content (AvgIpc) is 2.30. The predicted molar refractivity (Wildman–Crippen MR) is 73.5 cm³/mol. The van der Waals surface area contributed by atoms with Crippen molar-refractivity contribution < 1.29 is 0 Å². The SMILES string of the molecule is CC(N)Cc1cnc(N2CCSCC2C)nc1. The molecule has 94 valence electrons. The molecule has 2 unspecified atom stereocenters. The van der Waals surface area contributed by atoms with Crippen molar-refractivity contribution in [2.75, 3.05) is 23.0 Å². The van der Waals surface area contributed by atoms with Crippen LogP contribution in [0.3, 0.4) is 0 Å². The third-order valence-electron chi connectivity index (χ3n) is 2.87. The molecule has 1 aromatic heterocycles. The van der Waals surface area contributed by atoms with Crippen LogP contribution in [-0.2, 0) is 6.42 Å². The number of aromatic nitrogens is 2. The largest absolute Gasteiger partial charge is 0.336 e. The molecule has 1 saturated heterocycles. The molecule has 1 aromatic rings. The highest BCUT2D eigenvalue weighted by Gasteiger charge is 2.20. The summed E-state index contributed by atoms with van der Waals surface area (Å²) in [6.45, 7) is 5.27. The lowest BCUT2D eigenvalue weighted by Gasteiger charge is -2.32. The number of hydrogen-bond donors (Lipinski definition) is 1. The monoisotopic (exact) mass is 252 g/mol. The van der Waals surface area contributed by atoms with Gasteiger partial charge in [0.05, 0.1) is 0 Å². The van der Waals surface area contributed by atoms with E-state index in [1.54, 1.807) is 0 Å². The van der Waals surface area contributed by atoms with Crippen LogP contribution < -0.4 is 10.6 Å². The normalized spacial score (nSPS) is 22.5. The molecule has 2 atom stereocenters. The van der Waals surface area contributed by atoms with E-state index in [2.05, 4.69) is 21.8 Å². The third-order valence-corrected chi connectivity index (χ3v) is 4.06. The molecule has 0 saturated carbocycles. The fourth-order valence-corrected chi connectivity index (χ4v) is 3.01. The van der Waals surface area contributed by atoms with Gasteiger partial charge < -0.3 is 10.6 Å². The van der Waals surface area contributed by atoms with Crippen molar-refractivity contribution in [2.24, 2.45) is 5.73 Å². The van der Waals surface area contributed by atoms with Crippen molar-refractivity contribution in [2.45, 2.75) is 32.4 Å². The Morgan fingerprint density at radius 3 is 2.82 bits per heavy atom. The van der Waals surface area contributed by atoms with Crippen LogP contribution in [0.4, 0.5) is 5.95 Å². The average molecular weight is 252 g/mol. The first-order valence-corrected chi connectivity index (χ1v) is 7.23. The van der Waals surface area contributed by atoms with Gasteiger partial charge in [-0.1, -0.05) is 0 Å². The molecule has 0 spiro atoms. The summed E-state index contributed by atoms with van der Waals surface area (Å²) in [6.07, 6.45) is 4.64. The van der Waals surface area contributed by atoms with E-state index in [0.717, 1.165) is 36.0 Å². The van der Waals surface area contributed by atoms with E-state index >= 15 is 0 Å². The van der Waals surface area contributed by atoms with Crippen LogP contribution in [0.1, 0.15) is 19.4 Å².